The third-order valence-corrected chi connectivity index (χ3v) is 3.53. The van der Waals surface area contributed by atoms with E-state index in [4.69, 9.17) is 0 Å². The molecule has 114 valence electrons. The molecule has 0 fully saturated rings. The summed E-state index contributed by atoms with van der Waals surface area (Å²) in [5.74, 6) is -0.0982. The summed E-state index contributed by atoms with van der Waals surface area (Å²) in [4.78, 5) is 21.1. The van der Waals surface area contributed by atoms with Crippen LogP contribution < -0.4 is 5.32 Å². The minimum absolute atomic E-state index is 0.0982. The molecule has 0 bridgehead atoms. The quantitative estimate of drug-likeness (QED) is 0.801. The van der Waals surface area contributed by atoms with E-state index in [9.17, 15) is 4.79 Å². The number of nitrogens with zero attached hydrogens (tertiary/aromatic N) is 2. The standard InChI is InChI=1S/C19H17N3O/c1-2-21-19(23)16-11-18(15-9-6-10-20-12-15)22-13-17(16)14-7-4-3-5-8-14/h3-13H,2H2,1H3,(H,21,23). The van der Waals surface area contributed by atoms with Crippen molar-refractivity contribution in [2.24, 2.45) is 0 Å². The first-order chi connectivity index (χ1) is 11.3. The molecule has 2 heterocycles. The molecule has 2 aromatic heterocycles. The number of hydrogen-bond donors (Lipinski definition) is 1. The predicted octanol–water partition coefficient (Wildman–Crippen LogP) is 3.56. The average molecular weight is 303 g/mol. The Morgan fingerprint density at radius 1 is 1.04 bits per heavy atom. The van der Waals surface area contributed by atoms with Crippen molar-refractivity contribution in [3.05, 3.63) is 72.7 Å². The first kappa shape index (κ1) is 14.9. The van der Waals surface area contributed by atoms with Crippen molar-refractivity contribution >= 4 is 5.91 Å². The van der Waals surface area contributed by atoms with Gasteiger partial charge in [-0.3, -0.25) is 14.8 Å². The van der Waals surface area contributed by atoms with Crippen LogP contribution in [0, 0.1) is 0 Å². The number of pyridine rings is 2. The molecule has 0 atom stereocenters. The van der Waals surface area contributed by atoms with Gasteiger partial charge in [-0.15, -0.1) is 0 Å². The highest BCUT2D eigenvalue weighted by molar-refractivity contribution is 6.01. The van der Waals surface area contributed by atoms with Crippen LogP contribution in [-0.2, 0) is 0 Å². The van der Waals surface area contributed by atoms with E-state index in [-0.39, 0.29) is 5.91 Å². The van der Waals surface area contributed by atoms with Gasteiger partial charge in [-0.1, -0.05) is 30.3 Å². The fraction of sp³-hybridized carbons (Fsp3) is 0.105. The van der Waals surface area contributed by atoms with Crippen LogP contribution >= 0.6 is 0 Å². The summed E-state index contributed by atoms with van der Waals surface area (Å²) in [7, 11) is 0. The zero-order chi connectivity index (χ0) is 16.1. The van der Waals surface area contributed by atoms with Crippen LogP contribution in [0.1, 0.15) is 17.3 Å². The average Bonchev–Trinajstić information content (AvgIpc) is 2.63. The molecule has 3 aromatic rings. The normalized spacial score (nSPS) is 10.3. The van der Waals surface area contributed by atoms with E-state index in [2.05, 4.69) is 15.3 Å². The Morgan fingerprint density at radius 3 is 2.52 bits per heavy atom. The van der Waals surface area contributed by atoms with Gasteiger partial charge in [-0.2, -0.15) is 0 Å². The van der Waals surface area contributed by atoms with Gasteiger partial charge in [-0.25, -0.2) is 0 Å². The van der Waals surface area contributed by atoms with Gasteiger partial charge in [-0.05, 0) is 30.7 Å². The molecule has 0 aliphatic rings. The number of carbonyl (C=O) groups excluding carboxylic acids is 1. The van der Waals surface area contributed by atoms with E-state index >= 15 is 0 Å². The third kappa shape index (κ3) is 3.26. The Labute approximate surface area is 135 Å². The second kappa shape index (κ2) is 6.83. The predicted molar refractivity (Wildman–Crippen MR) is 90.9 cm³/mol. The molecule has 0 unspecified atom stereocenters. The van der Waals surface area contributed by atoms with E-state index in [0.29, 0.717) is 12.1 Å². The summed E-state index contributed by atoms with van der Waals surface area (Å²) in [6, 6.07) is 15.4. The third-order valence-electron chi connectivity index (χ3n) is 3.53. The van der Waals surface area contributed by atoms with Crippen LogP contribution in [0.5, 0.6) is 0 Å². The van der Waals surface area contributed by atoms with E-state index in [1.807, 2.05) is 55.5 Å². The van der Waals surface area contributed by atoms with Crippen LogP contribution in [0.3, 0.4) is 0 Å². The smallest absolute Gasteiger partial charge is 0.252 e. The van der Waals surface area contributed by atoms with Crippen molar-refractivity contribution in [1.82, 2.24) is 15.3 Å². The van der Waals surface area contributed by atoms with Crippen molar-refractivity contribution in [1.29, 1.82) is 0 Å². The molecule has 1 N–H and O–H groups in total. The first-order valence-electron chi connectivity index (χ1n) is 7.53. The molecule has 1 amide bonds. The van der Waals surface area contributed by atoms with Crippen molar-refractivity contribution in [3.8, 4) is 22.4 Å². The Kier molecular flexibility index (Phi) is 4.43. The minimum Gasteiger partial charge on any atom is -0.352 e. The molecule has 4 nitrogen and oxygen atoms in total. The van der Waals surface area contributed by atoms with Crippen molar-refractivity contribution in [3.63, 3.8) is 0 Å². The van der Waals surface area contributed by atoms with Gasteiger partial charge in [0.15, 0.2) is 0 Å². The molecular weight excluding hydrogens is 286 g/mol. The van der Waals surface area contributed by atoms with Gasteiger partial charge in [0.05, 0.1) is 11.3 Å². The fourth-order valence-corrected chi connectivity index (χ4v) is 2.42. The van der Waals surface area contributed by atoms with Crippen LogP contribution in [0.2, 0.25) is 0 Å². The molecule has 4 heteroatoms. The van der Waals surface area contributed by atoms with Crippen LogP contribution in [0.25, 0.3) is 22.4 Å². The maximum atomic E-state index is 12.5. The summed E-state index contributed by atoms with van der Waals surface area (Å²) in [5, 5.41) is 2.87. The van der Waals surface area contributed by atoms with Gasteiger partial charge in [0, 0.05) is 36.3 Å². The van der Waals surface area contributed by atoms with E-state index in [1.165, 1.54) is 0 Å². The summed E-state index contributed by atoms with van der Waals surface area (Å²) in [5.41, 5.74) is 4.03. The van der Waals surface area contributed by atoms with E-state index < -0.39 is 0 Å². The van der Waals surface area contributed by atoms with Gasteiger partial charge >= 0.3 is 0 Å². The molecule has 0 radical (unpaired) electrons. The van der Waals surface area contributed by atoms with Crippen LogP contribution in [-0.4, -0.2) is 22.4 Å². The van der Waals surface area contributed by atoms with Crippen molar-refractivity contribution in [2.45, 2.75) is 6.92 Å². The van der Waals surface area contributed by atoms with E-state index in [1.54, 1.807) is 18.6 Å². The molecule has 0 aliphatic carbocycles. The number of carbonyl (C=O) groups is 1. The number of nitrogens with one attached hydrogen (secondary N) is 1. The van der Waals surface area contributed by atoms with Crippen LogP contribution in [0.15, 0.2) is 67.1 Å². The lowest BCUT2D eigenvalue weighted by Gasteiger charge is -2.11. The van der Waals surface area contributed by atoms with E-state index in [0.717, 1.165) is 22.4 Å². The number of aromatic nitrogens is 2. The zero-order valence-electron chi connectivity index (χ0n) is 12.9. The highest BCUT2D eigenvalue weighted by atomic mass is 16.1. The van der Waals surface area contributed by atoms with Gasteiger partial charge in [0.25, 0.3) is 5.91 Å². The lowest BCUT2D eigenvalue weighted by Crippen LogP contribution is -2.23. The Bertz CT molecular complexity index is 801. The minimum atomic E-state index is -0.0982. The molecule has 1 aromatic carbocycles. The van der Waals surface area contributed by atoms with Gasteiger partial charge in [0.1, 0.15) is 0 Å². The largest absolute Gasteiger partial charge is 0.352 e. The highest BCUT2D eigenvalue weighted by Crippen LogP contribution is 2.26. The second-order valence-electron chi connectivity index (χ2n) is 5.08. The summed E-state index contributed by atoms with van der Waals surface area (Å²) < 4.78 is 0. The monoisotopic (exact) mass is 303 g/mol. The first-order valence-corrected chi connectivity index (χ1v) is 7.53. The lowest BCUT2D eigenvalue weighted by atomic mass is 9.99. The number of rotatable bonds is 4. The number of benzene rings is 1. The highest BCUT2D eigenvalue weighted by Gasteiger charge is 2.14. The van der Waals surface area contributed by atoms with Crippen molar-refractivity contribution < 1.29 is 4.79 Å². The molecule has 3 rings (SSSR count). The maximum Gasteiger partial charge on any atom is 0.252 e. The Morgan fingerprint density at radius 2 is 1.83 bits per heavy atom. The molecule has 0 saturated heterocycles. The maximum absolute atomic E-state index is 12.5. The van der Waals surface area contributed by atoms with Gasteiger partial charge in [0.2, 0.25) is 0 Å². The summed E-state index contributed by atoms with van der Waals surface area (Å²) in [6.07, 6.45) is 5.21. The van der Waals surface area contributed by atoms with Gasteiger partial charge < -0.3 is 5.32 Å². The molecule has 0 aliphatic heterocycles. The lowest BCUT2D eigenvalue weighted by molar-refractivity contribution is 0.0956. The van der Waals surface area contributed by atoms with Crippen molar-refractivity contribution in [2.75, 3.05) is 6.54 Å². The zero-order valence-corrected chi connectivity index (χ0v) is 12.9. The second-order valence-corrected chi connectivity index (χ2v) is 5.08. The molecule has 0 saturated carbocycles. The molecule has 23 heavy (non-hydrogen) atoms. The summed E-state index contributed by atoms with van der Waals surface area (Å²) >= 11 is 0. The Balaban J connectivity index is 2.12. The molecule has 0 spiro atoms. The SMILES string of the molecule is CCNC(=O)c1cc(-c2cccnc2)ncc1-c1ccccc1. The topological polar surface area (TPSA) is 54.9 Å². The van der Waals surface area contributed by atoms with Crippen LogP contribution in [0.4, 0.5) is 0 Å². The Hall–Kier alpha value is -3.01. The summed E-state index contributed by atoms with van der Waals surface area (Å²) in [6.45, 7) is 2.49. The fourth-order valence-electron chi connectivity index (χ4n) is 2.42. The number of hydrogen-bond acceptors (Lipinski definition) is 3. The number of amides is 1. The molecular formula is C19H17N3O.